The van der Waals surface area contributed by atoms with Crippen molar-refractivity contribution in [3.63, 3.8) is 0 Å². The molecule has 1 amide bonds. The minimum Gasteiger partial charge on any atom is -0.508 e. The van der Waals surface area contributed by atoms with E-state index in [4.69, 9.17) is 0 Å². The summed E-state index contributed by atoms with van der Waals surface area (Å²) in [6.45, 7) is 1.94. The largest absolute Gasteiger partial charge is 0.508 e. The standard InChI is InChI=1S/C11H13NO2/c1-11(7-6-10(14)12-11)8-4-2-3-5-9(8)13/h2-5,13H,6-7H2,1H3,(H,12,14). The first-order valence-electron chi connectivity index (χ1n) is 4.71. The molecule has 1 unspecified atom stereocenters. The van der Waals surface area contributed by atoms with Crippen LogP contribution in [-0.4, -0.2) is 11.0 Å². The number of hydrogen-bond donors (Lipinski definition) is 2. The molecule has 0 aromatic heterocycles. The van der Waals surface area contributed by atoms with Gasteiger partial charge in [-0.3, -0.25) is 4.79 Å². The van der Waals surface area contributed by atoms with Crippen molar-refractivity contribution in [2.45, 2.75) is 25.3 Å². The molecule has 0 spiro atoms. The van der Waals surface area contributed by atoms with Gasteiger partial charge in [0.25, 0.3) is 0 Å². The van der Waals surface area contributed by atoms with Gasteiger partial charge in [0.15, 0.2) is 0 Å². The molecule has 0 radical (unpaired) electrons. The van der Waals surface area contributed by atoms with Crippen molar-refractivity contribution in [2.75, 3.05) is 0 Å². The third-order valence-electron chi connectivity index (χ3n) is 2.77. The number of carbonyl (C=O) groups is 1. The number of carbonyl (C=O) groups excluding carboxylic acids is 1. The summed E-state index contributed by atoms with van der Waals surface area (Å²) in [5, 5.41) is 12.6. The van der Waals surface area contributed by atoms with E-state index in [0.717, 1.165) is 12.0 Å². The molecule has 0 aliphatic carbocycles. The number of phenols is 1. The molecular weight excluding hydrogens is 178 g/mol. The predicted molar refractivity (Wildman–Crippen MR) is 52.8 cm³/mol. The van der Waals surface area contributed by atoms with Crippen molar-refractivity contribution < 1.29 is 9.90 Å². The summed E-state index contributed by atoms with van der Waals surface area (Å²) in [7, 11) is 0. The zero-order valence-corrected chi connectivity index (χ0v) is 8.08. The van der Waals surface area contributed by atoms with E-state index in [1.807, 2.05) is 19.1 Å². The minimum absolute atomic E-state index is 0.0516. The first-order valence-corrected chi connectivity index (χ1v) is 4.71. The molecule has 0 saturated carbocycles. The topological polar surface area (TPSA) is 49.3 Å². The Hall–Kier alpha value is -1.51. The molecule has 1 aromatic rings. The highest BCUT2D eigenvalue weighted by atomic mass is 16.3. The van der Waals surface area contributed by atoms with Crippen molar-refractivity contribution in [3.8, 4) is 5.75 Å². The highest BCUT2D eigenvalue weighted by Crippen LogP contribution is 2.35. The van der Waals surface area contributed by atoms with E-state index in [2.05, 4.69) is 5.32 Å². The van der Waals surface area contributed by atoms with Crippen LogP contribution in [-0.2, 0) is 10.3 Å². The van der Waals surface area contributed by atoms with Crippen molar-refractivity contribution >= 4 is 5.91 Å². The Morgan fingerprint density at radius 3 is 2.71 bits per heavy atom. The number of nitrogens with one attached hydrogen (secondary N) is 1. The van der Waals surface area contributed by atoms with Gasteiger partial charge in [0.1, 0.15) is 5.75 Å². The second kappa shape index (κ2) is 3.01. The van der Waals surface area contributed by atoms with Crippen LogP contribution in [0.3, 0.4) is 0 Å². The van der Waals surface area contributed by atoms with Crippen LogP contribution < -0.4 is 5.32 Å². The van der Waals surface area contributed by atoms with Gasteiger partial charge < -0.3 is 10.4 Å². The Bertz CT molecular complexity index is 375. The molecule has 1 heterocycles. The highest BCUT2D eigenvalue weighted by molar-refractivity contribution is 5.80. The lowest BCUT2D eigenvalue weighted by Crippen LogP contribution is -2.35. The van der Waals surface area contributed by atoms with E-state index in [9.17, 15) is 9.90 Å². The van der Waals surface area contributed by atoms with E-state index in [1.165, 1.54) is 0 Å². The second-order valence-electron chi connectivity index (χ2n) is 3.90. The van der Waals surface area contributed by atoms with Crippen LogP contribution in [0.25, 0.3) is 0 Å². The van der Waals surface area contributed by atoms with Gasteiger partial charge in [-0.15, -0.1) is 0 Å². The second-order valence-corrected chi connectivity index (χ2v) is 3.90. The van der Waals surface area contributed by atoms with Gasteiger partial charge in [-0.1, -0.05) is 18.2 Å². The highest BCUT2D eigenvalue weighted by Gasteiger charge is 2.36. The molecule has 3 heteroatoms. The van der Waals surface area contributed by atoms with Crippen LogP contribution in [0.15, 0.2) is 24.3 Å². The average molecular weight is 191 g/mol. The fraction of sp³-hybridized carbons (Fsp3) is 0.364. The summed E-state index contributed by atoms with van der Waals surface area (Å²) < 4.78 is 0. The van der Waals surface area contributed by atoms with E-state index in [1.54, 1.807) is 12.1 Å². The van der Waals surface area contributed by atoms with E-state index in [0.29, 0.717) is 6.42 Å². The van der Waals surface area contributed by atoms with Gasteiger partial charge >= 0.3 is 0 Å². The van der Waals surface area contributed by atoms with Crippen molar-refractivity contribution in [2.24, 2.45) is 0 Å². The number of benzene rings is 1. The van der Waals surface area contributed by atoms with Gasteiger partial charge in [0, 0.05) is 12.0 Å². The van der Waals surface area contributed by atoms with E-state index in [-0.39, 0.29) is 11.7 Å². The lowest BCUT2D eigenvalue weighted by Gasteiger charge is -2.25. The molecule has 2 N–H and O–H groups in total. The molecule has 1 fully saturated rings. The van der Waals surface area contributed by atoms with Crippen LogP contribution in [0.4, 0.5) is 0 Å². The third-order valence-corrected chi connectivity index (χ3v) is 2.77. The maximum atomic E-state index is 11.2. The Balaban J connectivity index is 2.40. The molecule has 0 bridgehead atoms. The van der Waals surface area contributed by atoms with Gasteiger partial charge in [-0.05, 0) is 19.4 Å². The molecule has 3 nitrogen and oxygen atoms in total. The van der Waals surface area contributed by atoms with Crippen molar-refractivity contribution in [1.29, 1.82) is 0 Å². The molecule has 1 aliphatic rings. The molecule has 1 atom stereocenters. The summed E-state index contributed by atoms with van der Waals surface area (Å²) in [6.07, 6.45) is 1.27. The molecule has 2 rings (SSSR count). The maximum Gasteiger partial charge on any atom is 0.220 e. The molecule has 14 heavy (non-hydrogen) atoms. The number of hydrogen-bond acceptors (Lipinski definition) is 2. The molecule has 1 saturated heterocycles. The average Bonchev–Trinajstić information content (AvgIpc) is 2.48. The van der Waals surface area contributed by atoms with Crippen LogP contribution in [0.2, 0.25) is 0 Å². The van der Waals surface area contributed by atoms with Crippen LogP contribution >= 0.6 is 0 Å². The quantitative estimate of drug-likeness (QED) is 0.707. The fourth-order valence-electron chi connectivity index (χ4n) is 1.94. The Kier molecular flexibility index (Phi) is 1.95. The van der Waals surface area contributed by atoms with Crippen molar-refractivity contribution in [1.82, 2.24) is 5.32 Å². The van der Waals surface area contributed by atoms with Gasteiger partial charge in [-0.2, -0.15) is 0 Å². The SMILES string of the molecule is CC1(c2ccccc2O)CCC(=O)N1. The normalized spacial score (nSPS) is 26.2. The molecule has 74 valence electrons. The number of amides is 1. The van der Waals surface area contributed by atoms with Crippen molar-refractivity contribution in [3.05, 3.63) is 29.8 Å². The summed E-state index contributed by atoms with van der Waals surface area (Å²) in [4.78, 5) is 11.2. The van der Waals surface area contributed by atoms with E-state index >= 15 is 0 Å². The van der Waals surface area contributed by atoms with Crippen LogP contribution in [0.5, 0.6) is 5.75 Å². The Morgan fingerprint density at radius 2 is 2.14 bits per heavy atom. The van der Waals surface area contributed by atoms with Gasteiger partial charge in [-0.25, -0.2) is 0 Å². The third kappa shape index (κ3) is 1.35. The molecule has 1 aliphatic heterocycles. The fourth-order valence-corrected chi connectivity index (χ4v) is 1.94. The summed E-state index contributed by atoms with van der Waals surface area (Å²) >= 11 is 0. The van der Waals surface area contributed by atoms with Gasteiger partial charge in [0.2, 0.25) is 5.91 Å². The Morgan fingerprint density at radius 1 is 1.43 bits per heavy atom. The zero-order valence-electron chi connectivity index (χ0n) is 8.08. The number of phenolic OH excluding ortho intramolecular Hbond substituents is 1. The lowest BCUT2D eigenvalue weighted by molar-refractivity contribution is -0.119. The summed E-state index contributed by atoms with van der Waals surface area (Å²) in [6, 6.07) is 7.13. The summed E-state index contributed by atoms with van der Waals surface area (Å²) in [5.41, 5.74) is 0.397. The first-order chi connectivity index (χ1) is 6.62. The van der Waals surface area contributed by atoms with Crippen LogP contribution in [0, 0.1) is 0 Å². The molecular formula is C11H13NO2. The number of rotatable bonds is 1. The number of aromatic hydroxyl groups is 1. The predicted octanol–water partition coefficient (Wildman–Crippen LogP) is 1.52. The minimum atomic E-state index is -0.400. The smallest absolute Gasteiger partial charge is 0.220 e. The zero-order chi connectivity index (χ0) is 10.2. The Labute approximate surface area is 82.8 Å². The van der Waals surface area contributed by atoms with E-state index < -0.39 is 5.54 Å². The maximum absolute atomic E-state index is 11.2. The molecule has 1 aromatic carbocycles. The number of para-hydroxylation sites is 1. The lowest BCUT2D eigenvalue weighted by atomic mass is 9.90. The monoisotopic (exact) mass is 191 g/mol. The summed E-state index contributed by atoms with van der Waals surface area (Å²) in [5.74, 6) is 0.299. The van der Waals surface area contributed by atoms with Crippen LogP contribution in [0.1, 0.15) is 25.3 Å². The first kappa shape index (κ1) is 9.06. The van der Waals surface area contributed by atoms with Gasteiger partial charge in [0.05, 0.1) is 5.54 Å².